The molecule has 0 saturated heterocycles. The van der Waals surface area contributed by atoms with Gasteiger partial charge in [-0.1, -0.05) is 215 Å². The molecule has 0 N–H and O–H groups in total. The first-order valence-electron chi connectivity index (χ1n) is 21.8. The van der Waals surface area contributed by atoms with Gasteiger partial charge in [-0.2, -0.15) is 11.1 Å². The van der Waals surface area contributed by atoms with Crippen LogP contribution in [0.3, 0.4) is 0 Å². The number of hydrogen-bond donors (Lipinski definition) is 0. The Bertz CT molecular complexity index is 1770. The van der Waals surface area contributed by atoms with Crippen molar-refractivity contribution >= 4 is 134 Å². The highest BCUT2D eigenvalue weighted by molar-refractivity contribution is 14.1. The van der Waals surface area contributed by atoms with Gasteiger partial charge in [0, 0.05) is 21.8 Å². The summed E-state index contributed by atoms with van der Waals surface area (Å²) in [6.45, 7) is 34.6. The fraction of sp³-hybridized carbons (Fsp3) is 0.462. The van der Waals surface area contributed by atoms with Gasteiger partial charge in [-0.15, -0.1) is 12.0 Å². The molecule has 0 aliphatic heterocycles. The average molecular weight is 1260 g/mol. The minimum atomic E-state index is -1.26. The van der Waals surface area contributed by atoms with Crippen molar-refractivity contribution in [2.45, 2.75) is 157 Å². The smallest absolute Gasteiger partial charge is 0.150 e. The molecule has 0 aliphatic rings. The van der Waals surface area contributed by atoms with E-state index in [4.69, 9.17) is 17.5 Å². The fourth-order valence-corrected chi connectivity index (χ4v) is 17.0. The van der Waals surface area contributed by atoms with Gasteiger partial charge in [-0.25, -0.2) is 0 Å². The monoisotopic (exact) mass is 1260 g/mol. The summed E-state index contributed by atoms with van der Waals surface area (Å²) in [4.78, 5) is 0. The lowest BCUT2D eigenvalue weighted by molar-refractivity contribution is 1.05. The van der Waals surface area contributed by atoms with E-state index in [1.165, 1.54) is 70.9 Å². The quantitative estimate of drug-likeness (QED) is 0.0608. The molecule has 0 aliphatic carbocycles. The van der Waals surface area contributed by atoms with Gasteiger partial charge in [-0.3, -0.25) is 0 Å². The van der Waals surface area contributed by atoms with Crippen LogP contribution < -0.4 is 15.6 Å². The van der Waals surface area contributed by atoms with E-state index in [9.17, 15) is 0 Å². The zero-order valence-corrected chi connectivity index (χ0v) is 52.2. The van der Waals surface area contributed by atoms with Gasteiger partial charge in [0.25, 0.3) is 0 Å². The summed E-state index contributed by atoms with van der Waals surface area (Å²) in [6.07, 6.45) is 10.2. The fourth-order valence-electron chi connectivity index (χ4n) is 6.39. The molecule has 0 aromatic heterocycles. The summed E-state index contributed by atoms with van der Waals surface area (Å²) in [6, 6.07) is 40.8. The molecule has 4 aromatic rings. The van der Waals surface area contributed by atoms with Crippen LogP contribution in [0.1, 0.15) is 71.9 Å². The van der Waals surface area contributed by atoms with Gasteiger partial charge in [0.15, 0.2) is 0 Å². The molecule has 0 nitrogen and oxygen atoms in total. The highest BCUT2D eigenvalue weighted by atomic mass is 127. The largest absolute Gasteiger partial charge is 0.168 e. The molecular formula is C52H82ClI3Si5. The number of halogens is 4. The second-order valence-corrected chi connectivity index (χ2v) is 49.2. The van der Waals surface area contributed by atoms with Crippen molar-refractivity contribution in [3.63, 3.8) is 0 Å². The Morgan fingerprint density at radius 3 is 0.820 bits per heavy atom. The van der Waals surface area contributed by atoms with Crippen molar-refractivity contribution in [3.05, 3.63) is 119 Å². The van der Waals surface area contributed by atoms with E-state index in [2.05, 4.69) is 282 Å². The maximum absolute atomic E-state index is 5.97. The Morgan fingerprint density at radius 2 is 0.639 bits per heavy atom. The van der Waals surface area contributed by atoms with Crippen LogP contribution in [0.15, 0.2) is 97.1 Å². The van der Waals surface area contributed by atoms with E-state index in [0.717, 1.165) is 11.1 Å². The Balaban J connectivity index is 0. The standard InChI is InChI=1S/C24H34Si2.C11H17ISi.C6H4I2.C5H13ClSi.C5H10Si.CH4/c1-7-19-25(3,4)23-15-11-21(12-16-23)9-10-22-13-17-24(18-14-22)26(5,6)20-8-2;1-4-9-13(2,3)11-7-5-10(12)6-8-11;7-5-1-2-6(8)4-3-5;1-4-5-7(2,3)6;1-5-6(2,3)4;/h11-18H,7-8,19-20H2,1-6H3;5-8H,4,9H2,1-3H3;1-4H;4-5H2,1-3H3;1H,2-4H3;1H4. The van der Waals surface area contributed by atoms with Crippen LogP contribution in [0, 0.1) is 34.5 Å². The number of benzene rings is 4. The molecule has 0 saturated carbocycles. The van der Waals surface area contributed by atoms with Gasteiger partial charge in [0.05, 0.1) is 24.2 Å². The Labute approximate surface area is 429 Å². The number of rotatable bonds is 11. The van der Waals surface area contributed by atoms with Gasteiger partial charge in [0.2, 0.25) is 0 Å². The first-order valence-corrected chi connectivity index (χ1v) is 42.4. The van der Waals surface area contributed by atoms with Crippen molar-refractivity contribution < 1.29 is 0 Å². The van der Waals surface area contributed by atoms with Gasteiger partial charge >= 0.3 is 0 Å². The molecule has 0 radical (unpaired) electrons. The Kier molecular flexibility index (Phi) is 32.3. The second-order valence-electron chi connectivity index (χ2n) is 19.1. The summed E-state index contributed by atoms with van der Waals surface area (Å²) in [5, 5.41) is 4.67. The summed E-state index contributed by atoms with van der Waals surface area (Å²) < 4.78 is 3.92. The highest BCUT2D eigenvalue weighted by Crippen LogP contribution is 2.16. The van der Waals surface area contributed by atoms with Gasteiger partial charge < -0.3 is 0 Å². The topological polar surface area (TPSA) is 0 Å². The first kappa shape index (κ1) is 62.7. The Hall–Kier alpha value is -0.436. The molecule has 0 atom stereocenters. The van der Waals surface area contributed by atoms with Crippen molar-refractivity contribution in [2.75, 3.05) is 0 Å². The molecule has 9 heteroatoms. The normalized spacial score (nSPS) is 11.1. The molecule has 0 bridgehead atoms. The number of hydrogen-bond acceptors (Lipinski definition) is 0. The maximum atomic E-state index is 5.97. The molecule has 0 fully saturated rings. The van der Waals surface area contributed by atoms with Crippen LogP contribution in [0.25, 0.3) is 0 Å². The van der Waals surface area contributed by atoms with E-state index in [1.54, 1.807) is 5.19 Å². The van der Waals surface area contributed by atoms with Crippen molar-refractivity contribution in [1.82, 2.24) is 0 Å². The summed E-state index contributed by atoms with van der Waals surface area (Å²) in [7, 11) is -5.92. The second kappa shape index (κ2) is 31.5. The van der Waals surface area contributed by atoms with Crippen molar-refractivity contribution in [2.24, 2.45) is 0 Å². The van der Waals surface area contributed by atoms with E-state index in [1.807, 2.05) is 0 Å². The van der Waals surface area contributed by atoms with Crippen LogP contribution in [-0.2, 0) is 0 Å². The molecule has 4 rings (SSSR count). The molecule has 0 amide bonds. The average Bonchev–Trinajstić information content (AvgIpc) is 3.16. The molecule has 0 spiro atoms. The molecule has 0 unspecified atom stereocenters. The van der Waals surface area contributed by atoms with Gasteiger partial charge in [-0.05, 0) is 134 Å². The SMILES string of the molecule is C.C#C[Si](C)(C)C.CCC[Si](C)(C)Cl.CCC[Si](C)(C)c1ccc(C#Cc2ccc([Si](C)(C)CCC)cc2)cc1.CCC[Si](C)(C)c1ccc(I)cc1.Ic1ccc(I)cc1. The molecule has 0 heterocycles. The van der Waals surface area contributed by atoms with Crippen LogP contribution in [0.5, 0.6) is 0 Å². The predicted molar refractivity (Wildman–Crippen MR) is 324 cm³/mol. The molecule has 338 valence electrons. The maximum Gasteiger partial charge on any atom is 0.150 e. The lowest BCUT2D eigenvalue weighted by Crippen LogP contribution is -2.40. The zero-order chi connectivity index (χ0) is 46.2. The third kappa shape index (κ3) is 29.7. The minimum Gasteiger partial charge on any atom is -0.168 e. The first-order chi connectivity index (χ1) is 27.7. The minimum absolute atomic E-state index is 0. The molecule has 4 aromatic carbocycles. The van der Waals surface area contributed by atoms with Gasteiger partial charge in [0.1, 0.15) is 15.5 Å². The summed E-state index contributed by atoms with van der Waals surface area (Å²) >= 11 is 12.9. The van der Waals surface area contributed by atoms with Crippen LogP contribution in [0.2, 0.25) is 96.2 Å². The van der Waals surface area contributed by atoms with Crippen LogP contribution in [-0.4, -0.2) is 39.7 Å². The van der Waals surface area contributed by atoms with E-state index < -0.39 is 39.7 Å². The van der Waals surface area contributed by atoms with Crippen LogP contribution >= 0.6 is 78.9 Å². The van der Waals surface area contributed by atoms with E-state index >= 15 is 0 Å². The molecular weight excluding hydrogens is 1180 g/mol. The van der Waals surface area contributed by atoms with Crippen molar-refractivity contribution in [1.29, 1.82) is 0 Å². The predicted octanol–water partition coefficient (Wildman–Crippen LogP) is 17.2. The van der Waals surface area contributed by atoms with E-state index in [0.29, 0.717) is 0 Å². The highest BCUT2D eigenvalue weighted by Gasteiger charge is 2.23. The zero-order valence-electron chi connectivity index (χ0n) is 40.0. The lowest BCUT2D eigenvalue weighted by Gasteiger charge is -2.22. The van der Waals surface area contributed by atoms with Crippen molar-refractivity contribution in [3.8, 4) is 23.8 Å². The Morgan fingerprint density at radius 1 is 0.426 bits per heavy atom. The molecule has 61 heavy (non-hydrogen) atoms. The third-order valence-corrected chi connectivity index (χ3v) is 26.2. The summed E-state index contributed by atoms with van der Waals surface area (Å²) in [5.74, 6) is 6.66. The summed E-state index contributed by atoms with van der Waals surface area (Å²) in [5.41, 5.74) is 4.96. The number of terminal acetylenes is 1. The van der Waals surface area contributed by atoms with E-state index in [-0.39, 0.29) is 7.43 Å². The lowest BCUT2D eigenvalue weighted by atomic mass is 10.2. The third-order valence-electron chi connectivity index (χ3n) is 10.0. The van der Waals surface area contributed by atoms with Crippen LogP contribution in [0.4, 0.5) is 0 Å².